The molecule has 104 valence electrons. The fourth-order valence-corrected chi connectivity index (χ4v) is 1.67. The van der Waals surface area contributed by atoms with Gasteiger partial charge >= 0.3 is 0 Å². The highest BCUT2D eigenvalue weighted by Gasteiger charge is 1.95. The second kappa shape index (κ2) is 10.1. The van der Waals surface area contributed by atoms with Gasteiger partial charge < -0.3 is 5.11 Å². The Balaban J connectivity index is 3.92. The van der Waals surface area contributed by atoms with Crippen LogP contribution < -0.4 is 0 Å². The van der Waals surface area contributed by atoms with Gasteiger partial charge in [0.05, 0.1) is 6.61 Å². The van der Waals surface area contributed by atoms with E-state index in [0.717, 1.165) is 25.7 Å². The largest absolute Gasteiger partial charge is 0.392 e. The lowest BCUT2D eigenvalue weighted by Gasteiger charge is -2.05. The van der Waals surface area contributed by atoms with E-state index in [0.29, 0.717) is 5.92 Å². The lowest BCUT2D eigenvalue weighted by Crippen LogP contribution is -1.88. The van der Waals surface area contributed by atoms with E-state index in [9.17, 15) is 0 Å². The highest BCUT2D eigenvalue weighted by atomic mass is 16.2. The third-order valence-electron chi connectivity index (χ3n) is 3.39. The quantitative estimate of drug-likeness (QED) is 0.599. The van der Waals surface area contributed by atoms with Crippen LogP contribution in [0.25, 0.3) is 0 Å². The topological polar surface area (TPSA) is 20.2 Å². The van der Waals surface area contributed by atoms with Crippen molar-refractivity contribution < 1.29 is 5.11 Å². The summed E-state index contributed by atoms with van der Waals surface area (Å²) in [5, 5.41) is 8.76. The summed E-state index contributed by atoms with van der Waals surface area (Å²) in [4.78, 5) is 0. The third kappa shape index (κ3) is 9.23. The number of aliphatic hydroxyl groups excluding tert-OH is 1. The van der Waals surface area contributed by atoms with Crippen molar-refractivity contribution in [1.82, 2.24) is 0 Å². The minimum Gasteiger partial charge on any atom is -0.392 e. The Bertz CT molecular complexity index is 306. The normalized spacial score (nSPS) is 14.5. The monoisotopic (exact) mass is 250 g/mol. The summed E-state index contributed by atoms with van der Waals surface area (Å²) in [6, 6.07) is 0. The molecule has 0 bridgehead atoms. The summed E-state index contributed by atoms with van der Waals surface area (Å²) in [5.74, 6) is 0.667. The van der Waals surface area contributed by atoms with E-state index in [-0.39, 0.29) is 6.61 Å². The molecule has 0 saturated heterocycles. The minimum atomic E-state index is 0.161. The highest BCUT2D eigenvalue weighted by Crippen LogP contribution is 2.13. The molecule has 18 heavy (non-hydrogen) atoms. The molecule has 0 aromatic carbocycles. The molecule has 0 radical (unpaired) electrons. The van der Waals surface area contributed by atoms with Crippen molar-refractivity contribution >= 4 is 0 Å². The first-order valence-corrected chi connectivity index (χ1v) is 7.06. The molecule has 0 amide bonds. The van der Waals surface area contributed by atoms with Crippen molar-refractivity contribution in [1.29, 1.82) is 0 Å². The van der Waals surface area contributed by atoms with E-state index in [4.69, 9.17) is 5.11 Å². The predicted molar refractivity (Wildman–Crippen MR) is 81.7 cm³/mol. The molecule has 0 unspecified atom stereocenters. The van der Waals surface area contributed by atoms with Gasteiger partial charge in [0.2, 0.25) is 0 Å². The van der Waals surface area contributed by atoms with Crippen LogP contribution in [0.3, 0.4) is 0 Å². The van der Waals surface area contributed by atoms with Crippen LogP contribution in [0.15, 0.2) is 34.9 Å². The van der Waals surface area contributed by atoms with Crippen LogP contribution in [-0.2, 0) is 0 Å². The average Bonchev–Trinajstić information content (AvgIpc) is 2.29. The molecular formula is C17H30O. The maximum Gasteiger partial charge on any atom is 0.0614 e. The standard InChI is InChI=1S/C17H30O/c1-14(2)17(5)11-7-10-15(3)8-6-9-16(4)12-13-18/h8,11-12,14,18H,6-7,9-10,13H2,1-5H3. The van der Waals surface area contributed by atoms with E-state index in [1.807, 2.05) is 6.08 Å². The number of hydrogen-bond donors (Lipinski definition) is 1. The SMILES string of the molecule is CC(=CCO)CCC=C(C)CCC=C(C)C(C)C. The highest BCUT2D eigenvalue weighted by molar-refractivity contribution is 5.06. The Morgan fingerprint density at radius 3 is 1.89 bits per heavy atom. The van der Waals surface area contributed by atoms with Gasteiger partial charge in [-0.1, -0.05) is 48.8 Å². The van der Waals surface area contributed by atoms with E-state index in [1.165, 1.54) is 16.7 Å². The Kier molecular flexibility index (Phi) is 9.67. The predicted octanol–water partition coefficient (Wildman–Crippen LogP) is 5.03. The fourth-order valence-electron chi connectivity index (χ4n) is 1.67. The van der Waals surface area contributed by atoms with Crippen molar-refractivity contribution in [2.75, 3.05) is 6.61 Å². The van der Waals surface area contributed by atoms with E-state index >= 15 is 0 Å². The molecule has 0 aromatic rings. The van der Waals surface area contributed by atoms with Gasteiger partial charge in [-0.2, -0.15) is 0 Å². The van der Waals surface area contributed by atoms with Gasteiger partial charge in [-0.05, 0) is 52.4 Å². The van der Waals surface area contributed by atoms with Gasteiger partial charge in [0.25, 0.3) is 0 Å². The van der Waals surface area contributed by atoms with Gasteiger partial charge in [0.1, 0.15) is 0 Å². The van der Waals surface area contributed by atoms with Crippen LogP contribution in [0.4, 0.5) is 0 Å². The van der Waals surface area contributed by atoms with Crippen LogP contribution in [0, 0.1) is 5.92 Å². The Labute approximate surface area is 113 Å². The molecule has 1 heteroatoms. The molecule has 0 spiro atoms. The van der Waals surface area contributed by atoms with Gasteiger partial charge in [-0.15, -0.1) is 0 Å². The molecule has 0 aromatic heterocycles. The van der Waals surface area contributed by atoms with Crippen molar-refractivity contribution in [3.05, 3.63) is 34.9 Å². The fraction of sp³-hybridized carbons (Fsp3) is 0.647. The van der Waals surface area contributed by atoms with Gasteiger partial charge in [0, 0.05) is 0 Å². The zero-order chi connectivity index (χ0) is 14.0. The molecule has 0 aliphatic carbocycles. The lowest BCUT2D eigenvalue weighted by atomic mass is 10.0. The zero-order valence-corrected chi connectivity index (χ0v) is 12.8. The Hall–Kier alpha value is -0.820. The third-order valence-corrected chi connectivity index (χ3v) is 3.39. The summed E-state index contributed by atoms with van der Waals surface area (Å²) < 4.78 is 0. The summed E-state index contributed by atoms with van der Waals surface area (Å²) >= 11 is 0. The van der Waals surface area contributed by atoms with E-state index in [1.54, 1.807) is 0 Å². The van der Waals surface area contributed by atoms with Gasteiger partial charge in [0.15, 0.2) is 0 Å². The summed E-state index contributed by atoms with van der Waals surface area (Å²) in [7, 11) is 0. The Morgan fingerprint density at radius 2 is 1.39 bits per heavy atom. The molecule has 0 fully saturated rings. The first-order valence-electron chi connectivity index (χ1n) is 7.06. The second-order valence-electron chi connectivity index (χ2n) is 5.46. The van der Waals surface area contributed by atoms with Crippen molar-refractivity contribution in [2.45, 2.75) is 60.3 Å². The summed E-state index contributed by atoms with van der Waals surface area (Å²) in [5.41, 5.74) is 4.24. The average molecular weight is 250 g/mol. The molecule has 0 rings (SSSR count). The van der Waals surface area contributed by atoms with Crippen molar-refractivity contribution in [2.24, 2.45) is 5.92 Å². The molecule has 0 heterocycles. The lowest BCUT2D eigenvalue weighted by molar-refractivity contribution is 0.341. The molecule has 0 aliphatic heterocycles. The zero-order valence-electron chi connectivity index (χ0n) is 12.8. The molecule has 1 nitrogen and oxygen atoms in total. The van der Waals surface area contributed by atoms with Gasteiger partial charge in [-0.25, -0.2) is 0 Å². The summed E-state index contributed by atoms with van der Waals surface area (Å²) in [6.45, 7) is 11.1. The Morgan fingerprint density at radius 1 is 0.889 bits per heavy atom. The van der Waals surface area contributed by atoms with E-state index < -0.39 is 0 Å². The number of aliphatic hydroxyl groups is 1. The smallest absolute Gasteiger partial charge is 0.0614 e. The number of hydrogen-bond acceptors (Lipinski definition) is 1. The molecule has 1 N–H and O–H groups in total. The molecule has 0 aliphatic rings. The first-order chi connectivity index (χ1) is 8.47. The van der Waals surface area contributed by atoms with Crippen LogP contribution in [0.5, 0.6) is 0 Å². The second-order valence-corrected chi connectivity index (χ2v) is 5.46. The number of allylic oxidation sites excluding steroid dienone is 5. The molecular weight excluding hydrogens is 220 g/mol. The van der Waals surface area contributed by atoms with Crippen molar-refractivity contribution in [3.63, 3.8) is 0 Å². The van der Waals surface area contributed by atoms with Gasteiger partial charge in [-0.3, -0.25) is 0 Å². The van der Waals surface area contributed by atoms with Crippen LogP contribution in [0.2, 0.25) is 0 Å². The van der Waals surface area contributed by atoms with E-state index in [2.05, 4.69) is 46.8 Å². The first kappa shape index (κ1) is 17.2. The summed E-state index contributed by atoms with van der Waals surface area (Å²) in [6.07, 6.45) is 11.0. The molecule has 0 saturated carbocycles. The number of rotatable bonds is 8. The minimum absolute atomic E-state index is 0.161. The van der Waals surface area contributed by atoms with Crippen LogP contribution in [0.1, 0.15) is 60.3 Å². The van der Waals surface area contributed by atoms with Crippen molar-refractivity contribution in [3.8, 4) is 0 Å². The van der Waals surface area contributed by atoms with Crippen LogP contribution >= 0.6 is 0 Å². The maximum absolute atomic E-state index is 8.76. The van der Waals surface area contributed by atoms with Crippen LogP contribution in [-0.4, -0.2) is 11.7 Å². The maximum atomic E-state index is 8.76. The molecule has 0 atom stereocenters.